The van der Waals surface area contributed by atoms with Crippen LogP contribution in [0.4, 0.5) is 9.59 Å². The van der Waals surface area contributed by atoms with Crippen LogP contribution in [0.3, 0.4) is 0 Å². The first-order chi connectivity index (χ1) is 34.0. The number of carbonyl (C=O) groups excluding carboxylic acids is 6. The summed E-state index contributed by atoms with van der Waals surface area (Å²) >= 11 is 9.53. The number of nitrogens with one attached hydrogen (secondary N) is 1. The number of amides is 2. The molecule has 0 aromatic rings. The summed E-state index contributed by atoms with van der Waals surface area (Å²) in [5, 5.41) is 4.06. The summed E-state index contributed by atoms with van der Waals surface area (Å²) in [4.78, 5) is 81.4. The van der Waals surface area contributed by atoms with Crippen molar-refractivity contribution < 1.29 is 82.2 Å². The third-order valence-electron chi connectivity index (χ3n) is 13.9. The molecule has 0 spiro atoms. The summed E-state index contributed by atoms with van der Waals surface area (Å²) in [5.74, 6) is -1.37. The molecule has 6 rings (SSSR count). The molecule has 2 amide bonds. The van der Waals surface area contributed by atoms with Gasteiger partial charge in [-0.25, -0.2) is 29.0 Å². The monoisotopic (exact) mass is 1100 g/mol. The SMILES string of the molecule is CC(=O)OOC(C)=O.CC(C)(C)OC(=O)N1CCC(C)(N2CCC(=O)CC2)CC1.CC(C)(C)OC(=O)N1CCC(C)(N2CCC(N[C@@H]3CCCC[C@H]3N)CC2)CC1.ClCCl.N[C@@H]1CCCC[C@H]1N.[B-]OC(C)=O.[Na+]. The van der Waals surface area contributed by atoms with Crippen LogP contribution < -0.4 is 52.1 Å². The molecule has 19 nitrogen and oxygen atoms in total. The molecule has 4 aliphatic heterocycles. The van der Waals surface area contributed by atoms with Gasteiger partial charge in [-0.15, -0.1) is 23.2 Å². The number of likely N-dealkylation sites (tertiary alicyclic amines) is 4. The first kappa shape index (κ1) is 72.0. The molecule has 4 heterocycles. The molecule has 7 N–H and O–H groups in total. The Morgan fingerprint density at radius 1 is 0.595 bits per heavy atom. The summed E-state index contributed by atoms with van der Waals surface area (Å²) in [6.45, 7) is 26.7. The van der Waals surface area contributed by atoms with E-state index in [1.807, 2.05) is 51.3 Å². The minimum Gasteiger partial charge on any atom is -0.793 e. The maximum atomic E-state index is 12.3. The smallest absolute Gasteiger partial charge is 0.793 e. The fraction of sp³-hybridized carbons (Fsp3) is 0.882. The molecule has 23 heteroatoms. The molecule has 423 valence electrons. The maximum Gasteiger partial charge on any atom is 1.00 e. The van der Waals surface area contributed by atoms with Gasteiger partial charge in [0.1, 0.15) is 17.0 Å². The van der Waals surface area contributed by atoms with Crippen molar-refractivity contribution in [1.82, 2.24) is 24.9 Å². The fourth-order valence-corrected chi connectivity index (χ4v) is 9.48. The fourth-order valence-electron chi connectivity index (χ4n) is 9.48. The second-order valence-electron chi connectivity index (χ2n) is 22.4. The van der Waals surface area contributed by atoms with Gasteiger partial charge in [0.15, 0.2) is 0 Å². The summed E-state index contributed by atoms with van der Waals surface area (Å²) in [6, 6.07) is 2.02. The molecule has 0 aromatic carbocycles. The van der Waals surface area contributed by atoms with Gasteiger partial charge in [0.25, 0.3) is 0 Å². The molecule has 0 aromatic heterocycles. The number of alkyl halides is 2. The van der Waals surface area contributed by atoms with E-state index in [0.29, 0.717) is 36.8 Å². The van der Waals surface area contributed by atoms with Crippen molar-refractivity contribution in [2.75, 3.05) is 57.7 Å². The minimum atomic E-state index is -0.639. The zero-order valence-electron chi connectivity index (χ0n) is 47.4. The number of carbonyl (C=O) groups is 6. The number of hydrogen-bond donors (Lipinski definition) is 4. The first-order valence-corrected chi connectivity index (χ1v) is 27.4. The topological polar surface area (TPSA) is 252 Å². The molecule has 4 atom stereocenters. The normalized spacial score (nSPS) is 24.1. The molecule has 0 unspecified atom stereocenters. The molecule has 6 aliphatic rings. The number of ketones is 1. The average Bonchev–Trinajstić information content (AvgIpc) is 3.31. The van der Waals surface area contributed by atoms with Gasteiger partial charge in [0.2, 0.25) is 5.97 Å². The van der Waals surface area contributed by atoms with Crippen LogP contribution in [0.5, 0.6) is 0 Å². The number of halogens is 2. The molecule has 6 fully saturated rings. The van der Waals surface area contributed by atoms with E-state index in [4.69, 9.17) is 49.9 Å². The Labute approximate surface area is 477 Å². The molecule has 2 aliphatic carbocycles. The third kappa shape index (κ3) is 30.2. The molecule has 4 saturated heterocycles. The van der Waals surface area contributed by atoms with E-state index in [9.17, 15) is 28.8 Å². The summed E-state index contributed by atoms with van der Waals surface area (Å²) in [6.07, 6.45) is 17.1. The van der Waals surface area contributed by atoms with Crippen LogP contribution >= 0.6 is 23.2 Å². The van der Waals surface area contributed by atoms with Crippen molar-refractivity contribution in [3.8, 4) is 0 Å². The van der Waals surface area contributed by atoms with Crippen molar-refractivity contribution in [2.45, 2.75) is 231 Å². The van der Waals surface area contributed by atoms with E-state index >= 15 is 0 Å². The molecular formula is C51H95BCl2N8NaO11. The third-order valence-corrected chi connectivity index (χ3v) is 13.9. The van der Waals surface area contributed by atoms with Gasteiger partial charge in [-0.3, -0.25) is 19.4 Å². The van der Waals surface area contributed by atoms with Crippen molar-refractivity contribution in [3.63, 3.8) is 0 Å². The van der Waals surface area contributed by atoms with Gasteiger partial charge >= 0.3 is 53.7 Å². The van der Waals surface area contributed by atoms with E-state index in [1.54, 1.807) is 0 Å². The zero-order valence-corrected chi connectivity index (χ0v) is 50.9. The van der Waals surface area contributed by atoms with Crippen LogP contribution in [0, 0.1) is 0 Å². The van der Waals surface area contributed by atoms with Gasteiger partial charge in [-0.05, 0) is 120 Å². The second kappa shape index (κ2) is 36.2. The number of Topliss-reactive ketones (excluding diaryl/α,β-unsaturated/α-hetero) is 1. The van der Waals surface area contributed by atoms with E-state index in [2.05, 4.69) is 51.4 Å². The van der Waals surface area contributed by atoms with Crippen LogP contribution in [0.2, 0.25) is 0 Å². The summed E-state index contributed by atoms with van der Waals surface area (Å²) in [5.41, 5.74) is 17.1. The largest absolute Gasteiger partial charge is 1.00 e. The number of nitrogens with two attached hydrogens (primary N) is 3. The van der Waals surface area contributed by atoms with Crippen LogP contribution in [-0.2, 0) is 43.1 Å². The van der Waals surface area contributed by atoms with Crippen LogP contribution in [0.15, 0.2) is 0 Å². The molecule has 0 bridgehead atoms. The van der Waals surface area contributed by atoms with E-state index in [0.717, 1.165) is 105 Å². The number of nitrogens with zero attached hydrogens (tertiary/aromatic N) is 4. The number of ether oxygens (including phenoxy) is 2. The first-order valence-electron chi connectivity index (χ1n) is 26.3. The molecule has 3 radical (unpaired) electrons. The zero-order chi connectivity index (χ0) is 55.6. The Kier molecular flexibility index (Phi) is 35.3. The Bertz CT molecular complexity index is 1630. The number of piperidine rings is 4. The van der Waals surface area contributed by atoms with E-state index in [1.165, 1.54) is 58.3 Å². The Morgan fingerprint density at radius 3 is 1.22 bits per heavy atom. The average molecular weight is 1100 g/mol. The van der Waals surface area contributed by atoms with Crippen molar-refractivity contribution in [1.29, 1.82) is 0 Å². The summed E-state index contributed by atoms with van der Waals surface area (Å²) < 4.78 is 14.6. The predicted octanol–water partition coefficient (Wildman–Crippen LogP) is 3.84. The van der Waals surface area contributed by atoms with Gasteiger partial charge in [-0.2, -0.15) is 0 Å². The van der Waals surface area contributed by atoms with Gasteiger partial charge in [-0.1, -0.05) is 25.7 Å². The van der Waals surface area contributed by atoms with Crippen LogP contribution in [0.1, 0.15) is 179 Å². The molecule has 74 heavy (non-hydrogen) atoms. The number of rotatable bonds is 4. The van der Waals surface area contributed by atoms with Crippen molar-refractivity contribution in [2.24, 2.45) is 17.2 Å². The minimum absolute atomic E-state index is 0. The van der Waals surface area contributed by atoms with Gasteiger partial charge in [0.05, 0.1) is 5.34 Å². The Morgan fingerprint density at radius 2 is 0.919 bits per heavy atom. The number of hydrogen-bond acceptors (Lipinski definition) is 17. The Balaban J connectivity index is 0.00000101. The van der Waals surface area contributed by atoms with Crippen LogP contribution in [-0.4, -0.2) is 174 Å². The Hall–Kier alpha value is -1.98. The predicted molar refractivity (Wildman–Crippen MR) is 287 cm³/mol. The van der Waals surface area contributed by atoms with Crippen molar-refractivity contribution >= 4 is 67.1 Å². The maximum absolute atomic E-state index is 12.3. The van der Waals surface area contributed by atoms with Gasteiger partial charge < -0.3 is 54.5 Å². The van der Waals surface area contributed by atoms with Crippen LogP contribution in [0.25, 0.3) is 0 Å². The molecule has 2 saturated carbocycles. The molecular weight excluding hydrogens is 1010 g/mol. The van der Waals surface area contributed by atoms with E-state index < -0.39 is 29.1 Å². The van der Waals surface area contributed by atoms with Gasteiger partial charge in [0, 0.05) is 127 Å². The standard InChI is InChI=1S/C22H42N4O2.C16H28N2O3.C6H14N2.C4H6O4.C2H3BO2.CH2Cl2.Na/c1-21(2,3)28-20(27)25-15-11-22(4,12-16-25)26-13-9-17(10-14-26)24-19-8-6-5-7-18(19)23;1-15(2,3)21-14(20)17-11-7-16(4,8-12-17)18-9-5-13(19)6-10-18;7-5-3-1-2-4-6(5)8;1-3(5)7-8-4(2)6;1-2(4)5-3;2-1-3;/h17-19,24H,5-16,23H2,1-4H3;5-12H2,1-4H3;5-6H,1-4,7-8H2;1-2H3;1H3;1H2;/q;;;;-1;;+1/t18-,19-;;5-,6-;;;;/m1.1..../s1. The van der Waals surface area contributed by atoms with E-state index in [-0.39, 0.29) is 70.2 Å². The van der Waals surface area contributed by atoms with Crippen molar-refractivity contribution in [3.05, 3.63) is 0 Å². The quantitative estimate of drug-likeness (QED) is 0.135. The summed E-state index contributed by atoms with van der Waals surface area (Å²) in [7, 11) is 4.32. The second-order valence-corrected chi connectivity index (χ2v) is 23.2.